The Balaban J connectivity index is 2.02. The quantitative estimate of drug-likeness (QED) is 0.822. The molecule has 3 N–H and O–H groups in total. The molecule has 0 aliphatic heterocycles. The second kappa shape index (κ2) is 4.22. The molecule has 2 aromatic heterocycles. The Bertz CT molecular complexity index is 492. The van der Waals surface area contributed by atoms with Crippen molar-refractivity contribution in [1.29, 1.82) is 0 Å². The monoisotopic (exact) mass is 218 g/mol. The number of aryl methyl sites for hydroxylation is 2. The van der Waals surface area contributed by atoms with Crippen molar-refractivity contribution in [3.8, 4) is 0 Å². The molecule has 0 unspecified atom stereocenters. The van der Waals surface area contributed by atoms with E-state index >= 15 is 0 Å². The van der Waals surface area contributed by atoms with Gasteiger partial charge >= 0.3 is 0 Å². The third-order valence-corrected chi connectivity index (χ3v) is 2.27. The molecule has 0 aromatic carbocycles. The molecule has 0 amide bonds. The number of rotatable bonds is 3. The molecule has 2 heterocycles. The van der Waals surface area contributed by atoms with Crippen molar-refractivity contribution in [1.82, 2.24) is 10.1 Å². The fourth-order valence-corrected chi connectivity index (χ4v) is 1.32. The zero-order valence-corrected chi connectivity index (χ0v) is 9.32. The fourth-order valence-electron chi connectivity index (χ4n) is 1.32. The Kier molecular flexibility index (Phi) is 2.76. The molecule has 5 heteroatoms. The van der Waals surface area contributed by atoms with Gasteiger partial charge in [0, 0.05) is 24.0 Å². The molecule has 0 bridgehead atoms. The molecular weight excluding hydrogens is 204 g/mol. The van der Waals surface area contributed by atoms with E-state index < -0.39 is 0 Å². The molecular formula is C11H14N4O. The Hall–Kier alpha value is -2.04. The van der Waals surface area contributed by atoms with E-state index in [1.165, 1.54) is 0 Å². The summed E-state index contributed by atoms with van der Waals surface area (Å²) in [6.07, 6.45) is 1.74. The third-order valence-electron chi connectivity index (χ3n) is 2.27. The van der Waals surface area contributed by atoms with Gasteiger partial charge < -0.3 is 15.6 Å². The molecule has 84 valence electrons. The van der Waals surface area contributed by atoms with Crippen LogP contribution in [0.25, 0.3) is 0 Å². The summed E-state index contributed by atoms with van der Waals surface area (Å²) in [5, 5.41) is 7.00. The van der Waals surface area contributed by atoms with Crippen molar-refractivity contribution in [3.05, 3.63) is 35.3 Å². The average molecular weight is 218 g/mol. The predicted molar refractivity (Wildman–Crippen MR) is 62.0 cm³/mol. The van der Waals surface area contributed by atoms with E-state index in [1.807, 2.05) is 26.0 Å². The van der Waals surface area contributed by atoms with Crippen molar-refractivity contribution >= 4 is 11.5 Å². The molecule has 0 fully saturated rings. The summed E-state index contributed by atoms with van der Waals surface area (Å²) in [4.78, 5) is 4.21. The topological polar surface area (TPSA) is 77.0 Å². The second-order valence-electron chi connectivity index (χ2n) is 3.71. The maximum Gasteiger partial charge on any atom is 0.133 e. The number of hydrogen-bond donors (Lipinski definition) is 2. The van der Waals surface area contributed by atoms with E-state index in [2.05, 4.69) is 15.5 Å². The molecule has 2 rings (SSSR count). The highest BCUT2D eigenvalue weighted by Crippen LogP contribution is 2.14. The minimum atomic E-state index is 0.576. The molecule has 0 aliphatic rings. The van der Waals surface area contributed by atoms with Gasteiger partial charge in [-0.25, -0.2) is 4.98 Å². The standard InChI is InChI=1S/C11H14N4O/c1-7-5-13-11(4-10(7)12)14-6-9-3-8(2)16-15-9/h3-5H,6H2,1-2H3,(H3,12,13,14). The SMILES string of the molecule is Cc1cc(CNc2cc(N)c(C)cn2)no1. The van der Waals surface area contributed by atoms with Gasteiger partial charge in [-0.15, -0.1) is 0 Å². The predicted octanol–water partition coefficient (Wildman–Crippen LogP) is 1.88. The van der Waals surface area contributed by atoms with Gasteiger partial charge in [-0.05, 0) is 19.4 Å². The number of nitrogen functional groups attached to an aromatic ring is 1. The van der Waals surface area contributed by atoms with E-state index in [1.54, 1.807) is 6.20 Å². The summed E-state index contributed by atoms with van der Waals surface area (Å²) in [6, 6.07) is 3.69. The number of nitrogens with one attached hydrogen (secondary N) is 1. The molecule has 16 heavy (non-hydrogen) atoms. The Morgan fingerprint density at radius 2 is 2.19 bits per heavy atom. The lowest BCUT2D eigenvalue weighted by Gasteiger charge is -2.05. The minimum Gasteiger partial charge on any atom is -0.398 e. The normalized spacial score (nSPS) is 10.4. The summed E-state index contributed by atoms with van der Waals surface area (Å²) in [6.45, 7) is 4.36. The molecule has 0 saturated heterocycles. The van der Waals surface area contributed by atoms with Gasteiger partial charge in [-0.2, -0.15) is 0 Å². The van der Waals surface area contributed by atoms with Crippen LogP contribution in [0, 0.1) is 13.8 Å². The van der Waals surface area contributed by atoms with Crippen LogP contribution in [0.5, 0.6) is 0 Å². The van der Waals surface area contributed by atoms with Gasteiger partial charge in [0.1, 0.15) is 17.3 Å². The largest absolute Gasteiger partial charge is 0.398 e. The maximum atomic E-state index is 5.78. The second-order valence-corrected chi connectivity index (χ2v) is 3.71. The molecule has 5 nitrogen and oxygen atoms in total. The van der Waals surface area contributed by atoms with Crippen LogP contribution in [0.3, 0.4) is 0 Å². The van der Waals surface area contributed by atoms with Crippen LogP contribution < -0.4 is 11.1 Å². The molecule has 2 aromatic rings. The van der Waals surface area contributed by atoms with Crippen molar-refractivity contribution in [2.24, 2.45) is 0 Å². The zero-order chi connectivity index (χ0) is 11.5. The van der Waals surface area contributed by atoms with Crippen LogP contribution in [0.2, 0.25) is 0 Å². The van der Waals surface area contributed by atoms with E-state index in [4.69, 9.17) is 10.3 Å². The Morgan fingerprint density at radius 1 is 1.38 bits per heavy atom. The first kappa shape index (κ1) is 10.5. The first-order chi connectivity index (χ1) is 7.65. The number of nitrogens with two attached hydrogens (primary N) is 1. The van der Waals surface area contributed by atoms with Gasteiger partial charge in [0.2, 0.25) is 0 Å². The van der Waals surface area contributed by atoms with Crippen LogP contribution in [-0.2, 0) is 6.54 Å². The van der Waals surface area contributed by atoms with Gasteiger partial charge in [-0.3, -0.25) is 0 Å². The van der Waals surface area contributed by atoms with Crippen LogP contribution in [0.4, 0.5) is 11.5 Å². The highest BCUT2D eigenvalue weighted by atomic mass is 16.5. The molecule has 0 atom stereocenters. The van der Waals surface area contributed by atoms with Gasteiger partial charge in [-0.1, -0.05) is 5.16 Å². The third kappa shape index (κ3) is 2.31. The molecule has 0 spiro atoms. The number of anilines is 2. The average Bonchev–Trinajstić information content (AvgIpc) is 2.66. The highest BCUT2D eigenvalue weighted by Gasteiger charge is 2.01. The zero-order valence-electron chi connectivity index (χ0n) is 9.32. The summed E-state index contributed by atoms with van der Waals surface area (Å²) in [5.41, 5.74) is 8.33. The number of aromatic nitrogens is 2. The van der Waals surface area contributed by atoms with Crippen LogP contribution in [0.15, 0.2) is 22.9 Å². The fraction of sp³-hybridized carbons (Fsp3) is 0.273. The number of hydrogen-bond acceptors (Lipinski definition) is 5. The van der Waals surface area contributed by atoms with E-state index in [0.717, 1.165) is 28.5 Å². The van der Waals surface area contributed by atoms with Crippen molar-refractivity contribution in [2.45, 2.75) is 20.4 Å². The summed E-state index contributed by atoms with van der Waals surface area (Å²) >= 11 is 0. The summed E-state index contributed by atoms with van der Waals surface area (Å²) < 4.78 is 4.96. The van der Waals surface area contributed by atoms with Crippen LogP contribution in [-0.4, -0.2) is 10.1 Å². The highest BCUT2D eigenvalue weighted by molar-refractivity contribution is 5.53. The molecule has 0 aliphatic carbocycles. The van der Waals surface area contributed by atoms with Crippen molar-refractivity contribution in [3.63, 3.8) is 0 Å². The van der Waals surface area contributed by atoms with Crippen LogP contribution >= 0.6 is 0 Å². The van der Waals surface area contributed by atoms with Gasteiger partial charge in [0.15, 0.2) is 0 Å². The van der Waals surface area contributed by atoms with Gasteiger partial charge in [0.25, 0.3) is 0 Å². The van der Waals surface area contributed by atoms with E-state index in [9.17, 15) is 0 Å². The summed E-state index contributed by atoms with van der Waals surface area (Å²) in [7, 11) is 0. The number of pyridine rings is 1. The maximum absolute atomic E-state index is 5.78. The Morgan fingerprint density at radius 3 is 2.81 bits per heavy atom. The molecule has 0 radical (unpaired) electrons. The van der Waals surface area contributed by atoms with Crippen LogP contribution in [0.1, 0.15) is 17.0 Å². The minimum absolute atomic E-state index is 0.576. The Labute approximate surface area is 93.7 Å². The lowest BCUT2D eigenvalue weighted by molar-refractivity contribution is 0.391. The first-order valence-electron chi connectivity index (χ1n) is 5.03. The lowest BCUT2D eigenvalue weighted by atomic mass is 10.2. The smallest absolute Gasteiger partial charge is 0.133 e. The number of nitrogens with zero attached hydrogens (tertiary/aromatic N) is 2. The van der Waals surface area contributed by atoms with Crippen molar-refractivity contribution in [2.75, 3.05) is 11.1 Å². The summed E-state index contributed by atoms with van der Waals surface area (Å²) in [5.74, 6) is 1.54. The molecule has 0 saturated carbocycles. The lowest BCUT2D eigenvalue weighted by Crippen LogP contribution is -2.02. The van der Waals surface area contributed by atoms with Gasteiger partial charge in [0.05, 0.1) is 6.54 Å². The van der Waals surface area contributed by atoms with Crippen molar-refractivity contribution < 1.29 is 4.52 Å². The first-order valence-corrected chi connectivity index (χ1v) is 5.03. The van der Waals surface area contributed by atoms with E-state index in [0.29, 0.717) is 6.54 Å². The van der Waals surface area contributed by atoms with E-state index in [-0.39, 0.29) is 0 Å².